The maximum Gasteiger partial charge on any atom is 0.247 e. The fourth-order valence-electron chi connectivity index (χ4n) is 2.21. The van der Waals surface area contributed by atoms with Crippen LogP contribution in [0.1, 0.15) is 26.7 Å². The summed E-state index contributed by atoms with van der Waals surface area (Å²) in [4.78, 5) is 13.1. The van der Waals surface area contributed by atoms with E-state index in [2.05, 4.69) is 24.1 Å². The zero-order valence-corrected chi connectivity index (χ0v) is 10.9. The first-order valence-electron chi connectivity index (χ1n) is 6.42. The summed E-state index contributed by atoms with van der Waals surface area (Å²) in [5.41, 5.74) is 4.99. The monoisotopic (exact) mass is 243 g/mol. The normalized spacial score (nSPS) is 20.7. The molecule has 1 saturated heterocycles. The number of nitrogens with one attached hydrogen (secondary N) is 1. The molecule has 0 radical (unpaired) electrons. The van der Waals surface area contributed by atoms with E-state index >= 15 is 0 Å². The van der Waals surface area contributed by atoms with Crippen LogP contribution in [0, 0.1) is 5.92 Å². The number of aliphatic hydroxyl groups excluding tert-OH is 1. The first-order valence-corrected chi connectivity index (χ1v) is 6.42. The Hall–Kier alpha value is -0.650. The van der Waals surface area contributed by atoms with Crippen LogP contribution in [0.4, 0.5) is 0 Å². The third kappa shape index (κ3) is 5.48. The number of hydrogen-bond acceptors (Lipinski definition) is 4. The Labute approximate surface area is 103 Å². The summed E-state index contributed by atoms with van der Waals surface area (Å²) in [5, 5.41) is 12.5. The number of primary amides is 1. The van der Waals surface area contributed by atoms with Crippen LogP contribution in [0.2, 0.25) is 0 Å². The van der Waals surface area contributed by atoms with Crippen LogP contribution >= 0.6 is 0 Å². The smallest absolute Gasteiger partial charge is 0.247 e. The molecule has 5 nitrogen and oxygen atoms in total. The van der Waals surface area contributed by atoms with Crippen molar-refractivity contribution in [2.24, 2.45) is 11.7 Å². The Bertz CT molecular complexity index is 238. The first kappa shape index (κ1) is 14.4. The van der Waals surface area contributed by atoms with Crippen molar-refractivity contribution in [1.29, 1.82) is 0 Å². The van der Waals surface area contributed by atoms with Crippen molar-refractivity contribution < 1.29 is 9.90 Å². The van der Waals surface area contributed by atoms with Crippen LogP contribution in [0.25, 0.3) is 0 Å². The summed E-state index contributed by atoms with van der Waals surface area (Å²) in [6.07, 6.45) is 1.07. The van der Waals surface area contributed by atoms with E-state index in [1.807, 2.05) is 0 Å². The highest BCUT2D eigenvalue weighted by atomic mass is 16.3. The Kier molecular flexibility index (Phi) is 5.88. The van der Waals surface area contributed by atoms with Crippen molar-refractivity contribution in [2.45, 2.75) is 38.8 Å². The lowest BCUT2D eigenvalue weighted by atomic mass is 10.0. The highest BCUT2D eigenvalue weighted by Crippen LogP contribution is 2.11. The van der Waals surface area contributed by atoms with Gasteiger partial charge in [-0.2, -0.15) is 0 Å². The summed E-state index contributed by atoms with van der Waals surface area (Å²) >= 11 is 0. The Balaban J connectivity index is 2.17. The molecule has 100 valence electrons. The molecule has 0 saturated carbocycles. The fourth-order valence-corrected chi connectivity index (χ4v) is 2.21. The number of rotatable bonds is 6. The highest BCUT2D eigenvalue weighted by molar-refractivity contribution is 5.78. The molecule has 0 bridgehead atoms. The summed E-state index contributed by atoms with van der Waals surface area (Å²) in [5.74, 6) is 0.0472. The summed E-state index contributed by atoms with van der Waals surface area (Å²) < 4.78 is 0. The molecule has 17 heavy (non-hydrogen) atoms. The molecule has 1 amide bonds. The van der Waals surface area contributed by atoms with Gasteiger partial charge in [-0.3, -0.25) is 4.79 Å². The van der Waals surface area contributed by atoms with Crippen molar-refractivity contribution in [1.82, 2.24) is 10.2 Å². The lowest BCUT2D eigenvalue weighted by Gasteiger charge is -2.33. The molecule has 1 fully saturated rings. The van der Waals surface area contributed by atoms with Gasteiger partial charge in [-0.25, -0.2) is 0 Å². The van der Waals surface area contributed by atoms with E-state index in [4.69, 9.17) is 5.73 Å². The number of likely N-dealkylation sites (tertiary alicyclic amines) is 1. The highest BCUT2D eigenvalue weighted by Gasteiger charge is 2.20. The molecule has 0 aromatic heterocycles. The maximum atomic E-state index is 10.7. The van der Waals surface area contributed by atoms with Gasteiger partial charge in [-0.1, -0.05) is 13.8 Å². The van der Waals surface area contributed by atoms with Gasteiger partial charge in [0.25, 0.3) is 0 Å². The van der Waals surface area contributed by atoms with Crippen LogP contribution in [-0.2, 0) is 4.79 Å². The third-order valence-electron chi connectivity index (χ3n) is 3.14. The number of nitrogens with zero attached hydrogens (tertiary/aromatic N) is 1. The minimum absolute atomic E-state index is 0.268. The van der Waals surface area contributed by atoms with Gasteiger partial charge in [-0.05, 0) is 31.8 Å². The quantitative estimate of drug-likeness (QED) is 0.590. The molecule has 1 aliphatic heterocycles. The van der Waals surface area contributed by atoms with Crippen LogP contribution in [0.15, 0.2) is 0 Å². The van der Waals surface area contributed by atoms with Crippen LogP contribution in [-0.4, -0.2) is 54.2 Å². The van der Waals surface area contributed by atoms with Crippen LogP contribution < -0.4 is 11.1 Å². The lowest BCUT2D eigenvalue weighted by molar-refractivity contribution is -0.125. The number of nitrogens with two attached hydrogens (primary N) is 1. The molecule has 0 aromatic carbocycles. The minimum Gasteiger partial charge on any atom is -0.382 e. The van der Waals surface area contributed by atoms with E-state index in [1.165, 1.54) is 0 Å². The van der Waals surface area contributed by atoms with Crippen molar-refractivity contribution in [2.75, 3.05) is 26.2 Å². The predicted octanol–water partition coefficient (Wildman–Crippen LogP) is -0.457. The largest absolute Gasteiger partial charge is 0.382 e. The van der Waals surface area contributed by atoms with Gasteiger partial charge in [0.1, 0.15) is 6.10 Å². The van der Waals surface area contributed by atoms with Gasteiger partial charge in [0.2, 0.25) is 5.91 Å². The van der Waals surface area contributed by atoms with E-state index in [0.717, 1.165) is 32.5 Å². The zero-order valence-electron chi connectivity index (χ0n) is 10.9. The van der Waals surface area contributed by atoms with E-state index in [1.54, 1.807) is 0 Å². The van der Waals surface area contributed by atoms with Gasteiger partial charge in [0.05, 0.1) is 0 Å². The molecule has 1 unspecified atom stereocenters. The molecular weight excluding hydrogens is 218 g/mol. The summed E-state index contributed by atoms with van der Waals surface area (Å²) in [6.45, 7) is 8.05. The number of hydrogen-bond donors (Lipinski definition) is 3. The van der Waals surface area contributed by atoms with E-state index in [-0.39, 0.29) is 6.54 Å². The lowest BCUT2D eigenvalue weighted by Crippen LogP contribution is -2.47. The molecule has 5 heteroatoms. The number of piperidine rings is 1. The molecular formula is C12H25N3O2. The number of carbonyl (C=O) groups is 1. The van der Waals surface area contributed by atoms with Crippen molar-refractivity contribution in [3.05, 3.63) is 0 Å². The predicted molar refractivity (Wildman–Crippen MR) is 67.5 cm³/mol. The minimum atomic E-state index is -1.07. The number of carbonyl (C=O) groups excluding carboxylic acids is 1. The number of amides is 1. The van der Waals surface area contributed by atoms with Gasteiger partial charge >= 0.3 is 0 Å². The van der Waals surface area contributed by atoms with Crippen molar-refractivity contribution in [3.63, 3.8) is 0 Å². The Morgan fingerprint density at radius 1 is 1.47 bits per heavy atom. The van der Waals surface area contributed by atoms with Gasteiger partial charge in [0, 0.05) is 19.1 Å². The maximum absolute atomic E-state index is 10.7. The van der Waals surface area contributed by atoms with Crippen molar-refractivity contribution in [3.8, 4) is 0 Å². The van der Waals surface area contributed by atoms with Gasteiger partial charge in [-0.15, -0.1) is 0 Å². The van der Waals surface area contributed by atoms with Gasteiger partial charge < -0.3 is 21.1 Å². The van der Waals surface area contributed by atoms with E-state index in [0.29, 0.717) is 12.0 Å². The third-order valence-corrected chi connectivity index (χ3v) is 3.14. The molecule has 4 N–H and O–H groups in total. The topological polar surface area (TPSA) is 78.6 Å². The second kappa shape index (κ2) is 6.93. The Morgan fingerprint density at radius 2 is 2.06 bits per heavy atom. The average molecular weight is 243 g/mol. The first-order chi connectivity index (χ1) is 7.99. The van der Waals surface area contributed by atoms with Crippen LogP contribution in [0.3, 0.4) is 0 Å². The fraction of sp³-hybridized carbons (Fsp3) is 0.917. The molecule has 0 aliphatic carbocycles. The standard InChI is InChI=1S/C12H25N3O2/c1-9(2)8-15-5-3-10(4-6-15)14-7-11(16)12(13)17/h9-11,14,16H,3-8H2,1-2H3,(H2,13,17). The molecule has 1 aliphatic rings. The summed E-state index contributed by atoms with van der Waals surface area (Å²) in [7, 11) is 0. The zero-order chi connectivity index (χ0) is 12.8. The van der Waals surface area contributed by atoms with E-state index < -0.39 is 12.0 Å². The molecule has 0 aromatic rings. The van der Waals surface area contributed by atoms with Crippen molar-refractivity contribution >= 4 is 5.91 Å². The average Bonchev–Trinajstić information content (AvgIpc) is 2.26. The van der Waals surface area contributed by atoms with Crippen LogP contribution in [0.5, 0.6) is 0 Å². The number of aliphatic hydroxyl groups is 1. The Morgan fingerprint density at radius 3 is 2.53 bits per heavy atom. The second-order valence-electron chi connectivity index (χ2n) is 5.30. The second-order valence-corrected chi connectivity index (χ2v) is 5.30. The molecule has 1 atom stereocenters. The summed E-state index contributed by atoms with van der Waals surface area (Å²) in [6, 6.07) is 0.396. The molecule has 1 rings (SSSR count). The molecule has 1 heterocycles. The SMILES string of the molecule is CC(C)CN1CCC(NCC(O)C(N)=O)CC1. The molecule has 0 spiro atoms. The van der Waals surface area contributed by atoms with Gasteiger partial charge in [0.15, 0.2) is 0 Å². The van der Waals surface area contributed by atoms with E-state index in [9.17, 15) is 9.90 Å².